The maximum Gasteiger partial charge on any atom is 0.267 e. The lowest BCUT2D eigenvalue weighted by Gasteiger charge is -2.36. The van der Waals surface area contributed by atoms with Gasteiger partial charge in [-0.15, -0.1) is 0 Å². The van der Waals surface area contributed by atoms with E-state index in [9.17, 15) is 13.2 Å². The Hall–Kier alpha value is -3.52. The van der Waals surface area contributed by atoms with Crippen LogP contribution in [0.1, 0.15) is 26.3 Å². The van der Waals surface area contributed by atoms with E-state index in [1.54, 1.807) is 67.8 Å². The number of nitrogens with zero attached hydrogens (tertiary/aromatic N) is 1. The molecule has 0 aliphatic carbocycles. The summed E-state index contributed by atoms with van der Waals surface area (Å²) in [5.74, 6) is 0.479. The number of nitrogens with one attached hydrogen (secondary N) is 1. The van der Waals surface area contributed by atoms with E-state index < -0.39 is 22.0 Å². The molecule has 1 heterocycles. The zero-order valence-electron chi connectivity index (χ0n) is 19.6. The highest BCUT2D eigenvalue weighted by molar-refractivity contribution is 7.92. The number of carbonyl (C=O) groups excluding carboxylic acids is 1. The fourth-order valence-corrected chi connectivity index (χ4v) is 5.21. The van der Waals surface area contributed by atoms with Crippen LogP contribution in [0.3, 0.4) is 0 Å². The van der Waals surface area contributed by atoms with Crippen molar-refractivity contribution in [3.63, 3.8) is 0 Å². The van der Waals surface area contributed by atoms with Crippen LogP contribution in [0.15, 0.2) is 77.7 Å². The molecule has 1 aliphatic heterocycles. The van der Waals surface area contributed by atoms with Gasteiger partial charge in [-0.3, -0.25) is 9.10 Å². The first-order chi connectivity index (χ1) is 16.1. The SMILES string of the molecule is COc1cccc(NC(=O)C2CN(S(=O)(=O)c3ccccc3)c3cc(C(C)(C)C)ccc3O2)c1. The Morgan fingerprint density at radius 2 is 1.76 bits per heavy atom. The molecule has 178 valence electrons. The summed E-state index contributed by atoms with van der Waals surface area (Å²) >= 11 is 0. The number of hydrogen-bond acceptors (Lipinski definition) is 5. The maximum absolute atomic E-state index is 13.6. The highest BCUT2D eigenvalue weighted by atomic mass is 32.2. The lowest BCUT2D eigenvalue weighted by molar-refractivity contribution is -0.122. The van der Waals surface area contributed by atoms with Crippen LogP contribution in [0, 0.1) is 0 Å². The Kier molecular flexibility index (Phi) is 6.27. The molecule has 0 spiro atoms. The van der Waals surface area contributed by atoms with Gasteiger partial charge in [0.25, 0.3) is 15.9 Å². The number of amides is 1. The number of methoxy groups -OCH3 is 1. The molecule has 3 aromatic rings. The number of anilines is 2. The van der Waals surface area contributed by atoms with Crippen LogP contribution in [0.25, 0.3) is 0 Å². The van der Waals surface area contributed by atoms with Crippen LogP contribution in [0.5, 0.6) is 11.5 Å². The van der Waals surface area contributed by atoms with Crippen molar-refractivity contribution in [3.8, 4) is 11.5 Å². The highest BCUT2D eigenvalue weighted by Gasteiger charge is 2.38. The summed E-state index contributed by atoms with van der Waals surface area (Å²) in [6.45, 7) is 6.00. The van der Waals surface area contributed by atoms with Crippen molar-refractivity contribution in [3.05, 3.63) is 78.4 Å². The molecule has 0 saturated carbocycles. The van der Waals surface area contributed by atoms with E-state index in [1.807, 2.05) is 12.1 Å². The second-order valence-electron chi connectivity index (χ2n) is 9.11. The zero-order valence-corrected chi connectivity index (χ0v) is 20.4. The number of rotatable bonds is 5. The Morgan fingerprint density at radius 3 is 2.44 bits per heavy atom. The second-order valence-corrected chi connectivity index (χ2v) is 11.0. The summed E-state index contributed by atoms with van der Waals surface area (Å²) in [6, 6.07) is 20.6. The molecular formula is C26H28N2O5S. The molecule has 4 rings (SSSR count). The molecule has 0 radical (unpaired) electrons. The number of fused-ring (bicyclic) bond motifs is 1. The Balaban J connectivity index is 1.72. The first kappa shape index (κ1) is 23.6. The van der Waals surface area contributed by atoms with E-state index in [-0.39, 0.29) is 16.9 Å². The lowest BCUT2D eigenvalue weighted by atomic mass is 9.86. The number of hydrogen-bond donors (Lipinski definition) is 1. The Bertz CT molecular complexity index is 1300. The number of carbonyl (C=O) groups is 1. The second kappa shape index (κ2) is 9.02. The van der Waals surface area contributed by atoms with Gasteiger partial charge >= 0.3 is 0 Å². The Morgan fingerprint density at radius 1 is 1.03 bits per heavy atom. The van der Waals surface area contributed by atoms with Crippen LogP contribution < -0.4 is 19.1 Å². The summed E-state index contributed by atoms with van der Waals surface area (Å²) in [5.41, 5.74) is 1.71. The fraction of sp³-hybridized carbons (Fsp3) is 0.269. The van der Waals surface area contributed by atoms with Gasteiger partial charge in [0.05, 0.1) is 24.2 Å². The maximum atomic E-state index is 13.6. The van der Waals surface area contributed by atoms with Crippen molar-refractivity contribution in [2.75, 3.05) is 23.3 Å². The zero-order chi connectivity index (χ0) is 24.5. The topological polar surface area (TPSA) is 84.9 Å². The van der Waals surface area contributed by atoms with E-state index in [2.05, 4.69) is 26.1 Å². The van der Waals surface area contributed by atoms with Crippen molar-refractivity contribution >= 4 is 27.3 Å². The normalized spacial score (nSPS) is 15.8. The van der Waals surface area contributed by atoms with Gasteiger partial charge in [0.1, 0.15) is 11.5 Å². The summed E-state index contributed by atoms with van der Waals surface area (Å²) in [5, 5.41) is 2.80. The third-order valence-electron chi connectivity index (χ3n) is 5.66. The minimum Gasteiger partial charge on any atom is -0.497 e. The third-order valence-corrected chi connectivity index (χ3v) is 7.45. The average Bonchev–Trinajstić information content (AvgIpc) is 2.83. The van der Waals surface area contributed by atoms with Gasteiger partial charge < -0.3 is 14.8 Å². The van der Waals surface area contributed by atoms with Crippen molar-refractivity contribution in [2.24, 2.45) is 0 Å². The number of benzene rings is 3. The number of sulfonamides is 1. The largest absolute Gasteiger partial charge is 0.497 e. The molecule has 0 aromatic heterocycles. The molecule has 1 atom stereocenters. The lowest BCUT2D eigenvalue weighted by Crippen LogP contribution is -2.49. The van der Waals surface area contributed by atoms with E-state index in [0.29, 0.717) is 22.9 Å². The molecule has 1 amide bonds. The molecule has 0 bridgehead atoms. The standard InChI is InChI=1S/C26H28N2O5S/c1-26(2,3)18-13-14-23-22(15-18)28(34(30,31)21-11-6-5-7-12-21)17-24(33-23)25(29)27-19-9-8-10-20(16-19)32-4/h5-16,24H,17H2,1-4H3,(H,27,29). The van der Waals surface area contributed by atoms with Crippen LogP contribution in [0.2, 0.25) is 0 Å². The monoisotopic (exact) mass is 480 g/mol. The van der Waals surface area contributed by atoms with Gasteiger partial charge in [0.2, 0.25) is 0 Å². The average molecular weight is 481 g/mol. The molecule has 8 heteroatoms. The van der Waals surface area contributed by atoms with Crippen LogP contribution in [0.4, 0.5) is 11.4 Å². The van der Waals surface area contributed by atoms with Gasteiger partial charge in [0.15, 0.2) is 6.10 Å². The minimum atomic E-state index is -3.93. The molecule has 7 nitrogen and oxygen atoms in total. The molecule has 1 aliphatic rings. The van der Waals surface area contributed by atoms with Crippen molar-refractivity contribution < 1.29 is 22.7 Å². The van der Waals surface area contributed by atoms with E-state index in [1.165, 1.54) is 4.31 Å². The smallest absolute Gasteiger partial charge is 0.267 e. The van der Waals surface area contributed by atoms with Crippen LogP contribution in [-0.4, -0.2) is 34.1 Å². The van der Waals surface area contributed by atoms with E-state index in [0.717, 1.165) is 5.56 Å². The van der Waals surface area contributed by atoms with Crippen molar-refractivity contribution in [1.82, 2.24) is 0 Å². The summed E-state index contributed by atoms with van der Waals surface area (Å²) < 4.78 is 39.8. The molecule has 3 aromatic carbocycles. The van der Waals surface area contributed by atoms with Gasteiger partial charge in [0, 0.05) is 11.8 Å². The van der Waals surface area contributed by atoms with Gasteiger partial charge in [-0.05, 0) is 47.4 Å². The van der Waals surface area contributed by atoms with E-state index in [4.69, 9.17) is 9.47 Å². The van der Waals surface area contributed by atoms with Gasteiger partial charge in [-0.25, -0.2) is 8.42 Å². The van der Waals surface area contributed by atoms with Gasteiger partial charge in [-0.2, -0.15) is 0 Å². The molecule has 0 fully saturated rings. The fourth-order valence-electron chi connectivity index (χ4n) is 3.73. The third kappa shape index (κ3) is 4.72. The van der Waals surface area contributed by atoms with Crippen molar-refractivity contribution in [1.29, 1.82) is 0 Å². The molecule has 1 N–H and O–H groups in total. The van der Waals surface area contributed by atoms with Crippen LogP contribution in [-0.2, 0) is 20.2 Å². The van der Waals surface area contributed by atoms with E-state index >= 15 is 0 Å². The predicted octanol–water partition coefficient (Wildman–Crippen LogP) is 4.59. The van der Waals surface area contributed by atoms with Crippen LogP contribution >= 0.6 is 0 Å². The first-order valence-corrected chi connectivity index (χ1v) is 12.4. The van der Waals surface area contributed by atoms with Crippen molar-refractivity contribution in [2.45, 2.75) is 37.2 Å². The first-order valence-electron chi connectivity index (χ1n) is 10.9. The summed E-state index contributed by atoms with van der Waals surface area (Å²) in [7, 11) is -2.39. The summed E-state index contributed by atoms with van der Waals surface area (Å²) in [6.07, 6.45) is -1.04. The Labute approximate surface area is 200 Å². The molecular weight excluding hydrogens is 452 g/mol. The predicted molar refractivity (Wildman–Crippen MR) is 132 cm³/mol. The quantitative estimate of drug-likeness (QED) is 0.578. The number of ether oxygens (including phenoxy) is 2. The molecule has 1 unspecified atom stereocenters. The highest BCUT2D eigenvalue weighted by Crippen LogP contribution is 2.40. The minimum absolute atomic E-state index is 0.149. The molecule has 0 saturated heterocycles. The molecule has 34 heavy (non-hydrogen) atoms. The summed E-state index contributed by atoms with van der Waals surface area (Å²) in [4.78, 5) is 13.3. The van der Waals surface area contributed by atoms with Gasteiger partial charge in [-0.1, -0.05) is 51.1 Å².